The molecule has 0 saturated carbocycles. The number of hydrogen-bond donors (Lipinski definition) is 0. The molecule has 0 aromatic carbocycles. The molecular weight excluding hydrogens is 194 g/mol. The number of likely N-dealkylation sites (N-methyl/N-ethyl adjacent to an activating group) is 1. The van der Waals surface area contributed by atoms with Crippen LogP contribution in [-0.2, 0) is 14.6 Å². The molecule has 5 nitrogen and oxygen atoms in total. The summed E-state index contributed by atoms with van der Waals surface area (Å²) in [5, 5.41) is 0. The normalized spacial score (nSPS) is 36.1. The van der Waals surface area contributed by atoms with Gasteiger partial charge >= 0.3 is 6.09 Å². The molecule has 74 valence electrons. The summed E-state index contributed by atoms with van der Waals surface area (Å²) >= 11 is 0. The Hall–Kier alpha value is -0.780. The van der Waals surface area contributed by atoms with E-state index in [1.165, 1.54) is 4.90 Å². The van der Waals surface area contributed by atoms with Crippen molar-refractivity contribution in [1.29, 1.82) is 0 Å². The Bertz CT molecular complexity index is 336. The van der Waals surface area contributed by atoms with Gasteiger partial charge < -0.3 is 9.64 Å². The van der Waals surface area contributed by atoms with Gasteiger partial charge in [0, 0.05) is 6.54 Å². The lowest BCUT2D eigenvalue weighted by Gasteiger charge is -2.16. The predicted molar refractivity (Wildman–Crippen MR) is 45.1 cm³/mol. The Balaban J connectivity index is 2.24. The number of ether oxygens (including phenoxy) is 1. The van der Waals surface area contributed by atoms with Crippen LogP contribution in [0.4, 0.5) is 4.79 Å². The molecule has 0 bridgehead atoms. The second-order valence-corrected chi connectivity index (χ2v) is 5.51. The number of fused-ring (bicyclic) bond motifs is 1. The largest absolute Gasteiger partial charge is 0.443 e. The van der Waals surface area contributed by atoms with E-state index in [9.17, 15) is 13.2 Å². The molecule has 0 aromatic heterocycles. The Morgan fingerprint density at radius 2 is 2.23 bits per heavy atom. The third-order valence-electron chi connectivity index (χ3n) is 2.50. The topological polar surface area (TPSA) is 63.7 Å². The van der Waals surface area contributed by atoms with Crippen LogP contribution in [0.5, 0.6) is 0 Å². The maximum Gasteiger partial charge on any atom is 0.410 e. The maximum absolute atomic E-state index is 11.2. The lowest BCUT2D eigenvalue weighted by atomic mass is 10.2. The molecule has 2 aliphatic rings. The van der Waals surface area contributed by atoms with E-state index in [0.717, 1.165) is 0 Å². The Morgan fingerprint density at radius 1 is 1.54 bits per heavy atom. The molecule has 0 aliphatic carbocycles. The van der Waals surface area contributed by atoms with E-state index in [-0.39, 0.29) is 23.6 Å². The summed E-state index contributed by atoms with van der Waals surface area (Å²) in [6.07, 6.45) is -0.815. The van der Waals surface area contributed by atoms with Crippen LogP contribution in [0.15, 0.2) is 0 Å². The number of hydrogen-bond acceptors (Lipinski definition) is 4. The van der Waals surface area contributed by atoms with Gasteiger partial charge in [-0.2, -0.15) is 0 Å². The molecule has 2 fully saturated rings. The van der Waals surface area contributed by atoms with Gasteiger partial charge in [-0.3, -0.25) is 0 Å². The molecular formula is C7H11NO4S. The van der Waals surface area contributed by atoms with Crippen LogP contribution < -0.4 is 0 Å². The average Bonchev–Trinajstić information content (AvgIpc) is 2.39. The van der Waals surface area contributed by atoms with Gasteiger partial charge in [0.05, 0.1) is 17.5 Å². The first-order chi connectivity index (χ1) is 6.03. The lowest BCUT2D eigenvalue weighted by Crippen LogP contribution is -2.36. The van der Waals surface area contributed by atoms with Gasteiger partial charge in [0.15, 0.2) is 9.84 Å². The van der Waals surface area contributed by atoms with E-state index in [4.69, 9.17) is 4.74 Å². The molecule has 0 spiro atoms. The zero-order valence-corrected chi connectivity index (χ0v) is 8.08. The zero-order chi connectivity index (χ0) is 9.64. The second kappa shape index (κ2) is 2.60. The van der Waals surface area contributed by atoms with Gasteiger partial charge in [-0.05, 0) is 6.92 Å². The molecule has 0 N–H and O–H groups in total. The molecule has 2 aliphatic heterocycles. The quantitative estimate of drug-likeness (QED) is 0.585. The van der Waals surface area contributed by atoms with Crippen LogP contribution in [0.3, 0.4) is 0 Å². The number of nitrogens with zero attached hydrogens (tertiary/aromatic N) is 1. The van der Waals surface area contributed by atoms with E-state index < -0.39 is 15.9 Å². The van der Waals surface area contributed by atoms with E-state index in [2.05, 4.69) is 0 Å². The summed E-state index contributed by atoms with van der Waals surface area (Å²) in [5.41, 5.74) is 0. The van der Waals surface area contributed by atoms with Crippen molar-refractivity contribution in [3.05, 3.63) is 0 Å². The van der Waals surface area contributed by atoms with Gasteiger partial charge in [0.25, 0.3) is 0 Å². The van der Waals surface area contributed by atoms with Gasteiger partial charge in [-0.15, -0.1) is 0 Å². The summed E-state index contributed by atoms with van der Waals surface area (Å²) in [7, 11) is -2.99. The third kappa shape index (κ3) is 1.29. The molecule has 0 aromatic rings. The average molecular weight is 205 g/mol. The molecule has 1 amide bonds. The fourth-order valence-corrected chi connectivity index (χ4v) is 3.74. The molecule has 2 rings (SSSR count). The minimum atomic E-state index is -2.99. The van der Waals surface area contributed by atoms with Crippen LogP contribution in [0, 0.1) is 0 Å². The van der Waals surface area contributed by atoms with E-state index in [1.807, 2.05) is 6.92 Å². The van der Waals surface area contributed by atoms with E-state index >= 15 is 0 Å². The highest BCUT2D eigenvalue weighted by atomic mass is 32.2. The minimum absolute atomic E-state index is 0.0140. The highest BCUT2D eigenvalue weighted by Gasteiger charge is 2.50. The Morgan fingerprint density at radius 3 is 2.85 bits per heavy atom. The van der Waals surface area contributed by atoms with Gasteiger partial charge in [-0.25, -0.2) is 13.2 Å². The summed E-state index contributed by atoms with van der Waals surface area (Å²) < 4.78 is 27.3. The van der Waals surface area contributed by atoms with Gasteiger partial charge in [0.2, 0.25) is 0 Å². The van der Waals surface area contributed by atoms with Crippen molar-refractivity contribution < 1.29 is 17.9 Å². The first-order valence-corrected chi connectivity index (χ1v) is 6.03. The molecule has 2 atom stereocenters. The first-order valence-electron chi connectivity index (χ1n) is 4.21. The third-order valence-corrected chi connectivity index (χ3v) is 4.19. The number of carbonyl (C=O) groups is 1. The van der Waals surface area contributed by atoms with Crippen molar-refractivity contribution in [3.8, 4) is 0 Å². The van der Waals surface area contributed by atoms with Crippen molar-refractivity contribution in [2.45, 2.75) is 19.1 Å². The van der Waals surface area contributed by atoms with Crippen LogP contribution in [0.25, 0.3) is 0 Å². The number of rotatable bonds is 1. The highest BCUT2D eigenvalue weighted by Crippen LogP contribution is 2.27. The molecule has 0 unspecified atom stereocenters. The number of carbonyl (C=O) groups excluding carboxylic acids is 1. The van der Waals surface area contributed by atoms with Crippen molar-refractivity contribution in [3.63, 3.8) is 0 Å². The summed E-state index contributed by atoms with van der Waals surface area (Å²) in [6, 6.07) is -0.248. The Labute approximate surface area is 76.6 Å². The van der Waals surface area contributed by atoms with E-state index in [1.54, 1.807) is 0 Å². The SMILES string of the molecule is CCN1C(=O)O[C@@H]2CS(=O)(=O)C[C@@H]21. The molecule has 13 heavy (non-hydrogen) atoms. The van der Waals surface area contributed by atoms with Crippen LogP contribution in [0.2, 0.25) is 0 Å². The molecule has 2 saturated heterocycles. The highest BCUT2D eigenvalue weighted by molar-refractivity contribution is 7.91. The second-order valence-electron chi connectivity index (χ2n) is 3.35. The fourth-order valence-electron chi connectivity index (χ4n) is 1.90. The Kier molecular flexibility index (Phi) is 1.76. The standard InChI is InChI=1S/C7H11NO4S/c1-2-8-5-3-13(10,11)4-6(5)12-7(8)9/h5-6H,2-4H2,1H3/t5-,6+/m0/s1. The minimum Gasteiger partial charge on any atom is -0.443 e. The summed E-state index contributed by atoms with van der Waals surface area (Å²) in [4.78, 5) is 12.6. The van der Waals surface area contributed by atoms with Crippen LogP contribution in [0.1, 0.15) is 6.92 Å². The fraction of sp³-hybridized carbons (Fsp3) is 0.857. The lowest BCUT2D eigenvalue weighted by molar-refractivity contribution is 0.139. The predicted octanol–water partition coefficient (Wildman–Crippen LogP) is -0.376. The van der Waals surface area contributed by atoms with Gasteiger partial charge in [0.1, 0.15) is 6.10 Å². The van der Waals surface area contributed by atoms with Crippen molar-refractivity contribution in [2.24, 2.45) is 0 Å². The summed E-state index contributed by atoms with van der Waals surface area (Å²) in [6.45, 7) is 2.32. The van der Waals surface area contributed by atoms with Crippen molar-refractivity contribution >= 4 is 15.9 Å². The van der Waals surface area contributed by atoms with E-state index in [0.29, 0.717) is 6.54 Å². The molecule has 0 radical (unpaired) electrons. The monoisotopic (exact) mass is 205 g/mol. The maximum atomic E-state index is 11.2. The van der Waals surface area contributed by atoms with Crippen molar-refractivity contribution in [1.82, 2.24) is 4.90 Å². The summed E-state index contributed by atoms with van der Waals surface area (Å²) in [5.74, 6) is 0.0388. The zero-order valence-electron chi connectivity index (χ0n) is 7.26. The smallest absolute Gasteiger partial charge is 0.410 e. The molecule has 6 heteroatoms. The first kappa shape index (κ1) is 8.80. The molecule has 2 heterocycles. The van der Waals surface area contributed by atoms with Crippen molar-refractivity contribution in [2.75, 3.05) is 18.1 Å². The van der Waals surface area contributed by atoms with Crippen LogP contribution >= 0.6 is 0 Å². The van der Waals surface area contributed by atoms with Crippen LogP contribution in [-0.4, -0.2) is 49.6 Å². The number of sulfone groups is 1. The van der Waals surface area contributed by atoms with Gasteiger partial charge in [-0.1, -0.05) is 0 Å². The number of amides is 1.